The first kappa shape index (κ1) is 30.1. The largest absolute Gasteiger partial charge is 0.480 e. The summed E-state index contributed by atoms with van der Waals surface area (Å²) in [5, 5.41) is 22.0. The number of benzene rings is 1. The van der Waals surface area contributed by atoms with E-state index in [1.54, 1.807) is 0 Å². The average molecular weight is 543 g/mol. The number of carbonyl (C=O) groups excluding carboxylic acids is 3. The van der Waals surface area contributed by atoms with Crippen LogP contribution in [-0.4, -0.2) is 71.0 Å². The van der Waals surface area contributed by atoms with Crippen LogP contribution < -0.4 is 27.0 Å². The highest BCUT2D eigenvalue weighted by atomic mass is 16.4. The van der Waals surface area contributed by atoms with Gasteiger partial charge in [-0.2, -0.15) is 0 Å². The monoisotopic (exact) mass is 542 g/mol. The number of rotatable bonds is 15. The summed E-state index contributed by atoms with van der Waals surface area (Å²) in [6, 6.07) is 4.35. The normalized spacial score (nSPS) is 18.2. The third-order valence-corrected chi connectivity index (χ3v) is 7.46. The molecular weight excluding hydrogens is 500 g/mol. The van der Waals surface area contributed by atoms with Crippen molar-refractivity contribution in [2.24, 2.45) is 11.7 Å². The summed E-state index contributed by atoms with van der Waals surface area (Å²) in [7, 11) is 0. The van der Waals surface area contributed by atoms with Gasteiger partial charge < -0.3 is 37.1 Å². The molecule has 1 aromatic heterocycles. The van der Waals surface area contributed by atoms with Crippen molar-refractivity contribution in [2.45, 2.75) is 83.0 Å². The van der Waals surface area contributed by atoms with Crippen LogP contribution in [0.3, 0.4) is 0 Å². The Hall–Kier alpha value is -3.44. The highest BCUT2D eigenvalue weighted by Gasteiger charge is 2.33. The zero-order valence-corrected chi connectivity index (χ0v) is 22.8. The molecule has 2 aromatic rings. The summed E-state index contributed by atoms with van der Waals surface area (Å²) in [6.45, 7) is 4.89. The summed E-state index contributed by atoms with van der Waals surface area (Å²) in [4.78, 5) is 54.9. The van der Waals surface area contributed by atoms with E-state index >= 15 is 0 Å². The van der Waals surface area contributed by atoms with Gasteiger partial charge in [-0.05, 0) is 62.7 Å². The SMILES string of the molecule is CCC(C)C(NC(=O)C(Cc1c[nH]c2ccccc12)NC(=O)C1CCCN1)C(=O)NC(CCCCN)C(=O)O. The average Bonchev–Trinajstić information content (AvgIpc) is 3.61. The predicted octanol–water partition coefficient (Wildman–Crippen LogP) is 1.18. The molecular formula is C28H42N6O5. The first-order chi connectivity index (χ1) is 18.7. The van der Waals surface area contributed by atoms with Gasteiger partial charge in [0.1, 0.15) is 18.1 Å². The van der Waals surface area contributed by atoms with Gasteiger partial charge in [0.25, 0.3) is 0 Å². The number of amides is 3. The Bertz CT molecular complexity index is 1130. The van der Waals surface area contributed by atoms with Crippen molar-refractivity contribution >= 4 is 34.6 Å². The van der Waals surface area contributed by atoms with Gasteiger partial charge in [0.05, 0.1) is 6.04 Å². The van der Waals surface area contributed by atoms with Crippen molar-refractivity contribution in [3.8, 4) is 0 Å². The van der Waals surface area contributed by atoms with E-state index in [0.717, 1.165) is 29.4 Å². The van der Waals surface area contributed by atoms with Crippen LogP contribution in [0, 0.1) is 5.92 Å². The Morgan fingerprint density at radius 3 is 2.51 bits per heavy atom. The second-order valence-electron chi connectivity index (χ2n) is 10.3. The summed E-state index contributed by atoms with van der Waals surface area (Å²) >= 11 is 0. The van der Waals surface area contributed by atoms with Crippen LogP contribution in [0.25, 0.3) is 10.9 Å². The van der Waals surface area contributed by atoms with Gasteiger partial charge in [0.2, 0.25) is 17.7 Å². The molecule has 0 radical (unpaired) electrons. The molecule has 2 heterocycles. The number of aromatic amines is 1. The van der Waals surface area contributed by atoms with Crippen LogP contribution in [-0.2, 0) is 25.6 Å². The fourth-order valence-electron chi connectivity index (χ4n) is 4.88. The van der Waals surface area contributed by atoms with E-state index in [4.69, 9.17) is 5.73 Å². The number of carbonyl (C=O) groups is 4. The van der Waals surface area contributed by atoms with Gasteiger partial charge >= 0.3 is 5.97 Å². The van der Waals surface area contributed by atoms with E-state index in [1.807, 2.05) is 44.3 Å². The fourth-order valence-corrected chi connectivity index (χ4v) is 4.88. The number of aliphatic carboxylic acids is 1. The Kier molecular flexibility index (Phi) is 11.3. The molecule has 3 amide bonds. The number of carboxylic acid groups (broad SMARTS) is 1. The Morgan fingerprint density at radius 2 is 1.85 bits per heavy atom. The number of nitrogens with one attached hydrogen (secondary N) is 5. The first-order valence-electron chi connectivity index (χ1n) is 13.9. The summed E-state index contributed by atoms with van der Waals surface area (Å²) < 4.78 is 0. The van der Waals surface area contributed by atoms with E-state index in [9.17, 15) is 24.3 Å². The highest BCUT2D eigenvalue weighted by molar-refractivity contribution is 5.95. The highest BCUT2D eigenvalue weighted by Crippen LogP contribution is 2.20. The van der Waals surface area contributed by atoms with Crippen LogP contribution in [0.2, 0.25) is 0 Å². The summed E-state index contributed by atoms with van der Waals surface area (Å²) in [5.41, 5.74) is 7.30. The summed E-state index contributed by atoms with van der Waals surface area (Å²) in [5.74, 6) is -2.73. The van der Waals surface area contributed by atoms with Crippen molar-refractivity contribution < 1.29 is 24.3 Å². The quantitative estimate of drug-likeness (QED) is 0.165. The van der Waals surface area contributed by atoms with Crippen LogP contribution in [0.5, 0.6) is 0 Å². The van der Waals surface area contributed by atoms with Crippen molar-refractivity contribution in [1.29, 1.82) is 0 Å². The van der Waals surface area contributed by atoms with Crippen molar-refractivity contribution in [2.75, 3.05) is 13.1 Å². The molecule has 1 aromatic carbocycles. The number of fused-ring (bicyclic) bond motifs is 1. The minimum Gasteiger partial charge on any atom is -0.480 e. The molecule has 0 aliphatic carbocycles. The van der Waals surface area contributed by atoms with Gasteiger partial charge in [0.15, 0.2) is 0 Å². The zero-order valence-electron chi connectivity index (χ0n) is 22.8. The molecule has 11 heteroatoms. The van der Waals surface area contributed by atoms with Crippen LogP contribution in [0.1, 0.15) is 57.9 Å². The first-order valence-corrected chi connectivity index (χ1v) is 13.9. The number of aromatic nitrogens is 1. The van der Waals surface area contributed by atoms with E-state index in [1.165, 1.54) is 0 Å². The number of hydrogen-bond donors (Lipinski definition) is 7. The lowest BCUT2D eigenvalue weighted by Crippen LogP contribution is -2.59. The van der Waals surface area contributed by atoms with Crippen LogP contribution in [0.4, 0.5) is 0 Å². The van der Waals surface area contributed by atoms with Gasteiger partial charge in [-0.3, -0.25) is 14.4 Å². The van der Waals surface area contributed by atoms with E-state index in [0.29, 0.717) is 32.2 Å². The van der Waals surface area contributed by atoms with Gasteiger partial charge in [0, 0.05) is 23.5 Å². The molecule has 39 heavy (non-hydrogen) atoms. The smallest absolute Gasteiger partial charge is 0.326 e. The fraction of sp³-hybridized carbons (Fsp3) is 0.571. The maximum Gasteiger partial charge on any atom is 0.326 e. The van der Waals surface area contributed by atoms with Crippen molar-refractivity contribution in [3.05, 3.63) is 36.0 Å². The molecule has 3 rings (SSSR count). The predicted molar refractivity (Wildman–Crippen MR) is 149 cm³/mol. The number of hydrogen-bond acceptors (Lipinski definition) is 6. The van der Waals surface area contributed by atoms with Crippen molar-refractivity contribution in [1.82, 2.24) is 26.3 Å². The number of para-hydroxylation sites is 1. The van der Waals surface area contributed by atoms with Crippen LogP contribution >= 0.6 is 0 Å². The van der Waals surface area contributed by atoms with Gasteiger partial charge in [-0.1, -0.05) is 38.5 Å². The third-order valence-electron chi connectivity index (χ3n) is 7.46. The Morgan fingerprint density at radius 1 is 1.08 bits per heavy atom. The minimum atomic E-state index is -1.14. The second kappa shape index (κ2) is 14.6. The van der Waals surface area contributed by atoms with E-state index in [2.05, 4.69) is 26.3 Å². The Balaban J connectivity index is 1.79. The maximum absolute atomic E-state index is 13.7. The Labute approximate surface area is 229 Å². The molecule has 8 N–H and O–H groups in total. The molecule has 5 unspecified atom stereocenters. The molecule has 1 aliphatic heterocycles. The minimum absolute atomic E-state index is 0.222. The maximum atomic E-state index is 13.7. The number of nitrogens with two attached hydrogens (primary N) is 1. The number of unbranched alkanes of at least 4 members (excludes halogenated alkanes) is 1. The van der Waals surface area contributed by atoms with E-state index in [-0.39, 0.29) is 30.7 Å². The van der Waals surface area contributed by atoms with Crippen molar-refractivity contribution in [3.63, 3.8) is 0 Å². The molecule has 0 saturated carbocycles. The second-order valence-corrected chi connectivity index (χ2v) is 10.3. The molecule has 1 fully saturated rings. The molecule has 1 aliphatic rings. The standard InChI is InChI=1S/C28H42N6O5/c1-3-17(2)24(27(37)32-22(28(38)39)11-6-7-13-29)34-26(36)23(33-25(35)21-12-8-14-30-21)15-18-16-31-20-10-5-4-9-19(18)20/h4-5,9-10,16-17,21-24,30-31H,3,6-8,11-15,29H2,1-2H3,(H,32,37)(H,33,35)(H,34,36)(H,38,39). The molecule has 11 nitrogen and oxygen atoms in total. The van der Waals surface area contributed by atoms with Crippen LogP contribution in [0.15, 0.2) is 30.5 Å². The number of carboxylic acids is 1. The zero-order chi connectivity index (χ0) is 28.4. The van der Waals surface area contributed by atoms with Gasteiger partial charge in [-0.15, -0.1) is 0 Å². The molecule has 214 valence electrons. The number of H-pyrrole nitrogens is 1. The lowest BCUT2D eigenvalue weighted by Gasteiger charge is -2.28. The molecule has 1 saturated heterocycles. The lowest BCUT2D eigenvalue weighted by molar-refractivity contribution is -0.143. The summed E-state index contributed by atoms with van der Waals surface area (Å²) in [6.07, 6.45) is 5.64. The molecule has 0 bridgehead atoms. The molecule has 5 atom stereocenters. The lowest BCUT2D eigenvalue weighted by atomic mass is 9.96. The third kappa shape index (κ3) is 8.27. The molecule has 0 spiro atoms. The topological polar surface area (TPSA) is 178 Å². The van der Waals surface area contributed by atoms with E-state index < -0.39 is 35.9 Å². The van der Waals surface area contributed by atoms with Gasteiger partial charge in [-0.25, -0.2) is 4.79 Å².